The van der Waals surface area contributed by atoms with E-state index in [1.54, 1.807) is 38.1 Å². The van der Waals surface area contributed by atoms with Crippen molar-refractivity contribution in [1.82, 2.24) is 0 Å². The van der Waals surface area contributed by atoms with E-state index >= 15 is 0 Å². The summed E-state index contributed by atoms with van der Waals surface area (Å²) in [6.45, 7) is 3.46. The Morgan fingerprint density at radius 2 is 1.79 bits per heavy atom. The van der Waals surface area contributed by atoms with Gasteiger partial charge in [0.2, 0.25) is 0 Å². The molecule has 1 aromatic heterocycles. The molecule has 0 spiro atoms. The monoisotopic (exact) mass is 331 g/mol. The van der Waals surface area contributed by atoms with Crippen LogP contribution in [-0.2, 0) is 19.1 Å². The molecule has 0 N–H and O–H groups in total. The number of esters is 2. The summed E-state index contributed by atoms with van der Waals surface area (Å²) >= 11 is 0. The van der Waals surface area contributed by atoms with E-state index in [1.807, 2.05) is 0 Å². The van der Waals surface area contributed by atoms with Crippen molar-refractivity contribution >= 4 is 34.8 Å². The van der Waals surface area contributed by atoms with E-state index in [2.05, 4.69) is 4.99 Å². The molecule has 0 aliphatic rings. The quantitative estimate of drug-likeness (QED) is 0.349. The van der Waals surface area contributed by atoms with Crippen LogP contribution in [0.25, 0.3) is 11.0 Å². The molecule has 0 radical (unpaired) electrons. The van der Waals surface area contributed by atoms with E-state index in [4.69, 9.17) is 13.9 Å². The second kappa shape index (κ2) is 8.05. The van der Waals surface area contributed by atoms with Crippen LogP contribution in [0.2, 0.25) is 0 Å². The fourth-order valence-electron chi connectivity index (χ4n) is 1.98. The van der Waals surface area contributed by atoms with Gasteiger partial charge < -0.3 is 13.9 Å². The molecule has 1 heterocycles. The maximum atomic E-state index is 11.9. The Morgan fingerprint density at radius 1 is 1.17 bits per heavy atom. The zero-order valence-electron chi connectivity index (χ0n) is 13.4. The summed E-state index contributed by atoms with van der Waals surface area (Å²) in [6, 6.07) is 8.46. The van der Waals surface area contributed by atoms with Gasteiger partial charge in [-0.3, -0.25) is 14.6 Å². The lowest BCUT2D eigenvalue weighted by molar-refractivity contribution is -0.157. The fourth-order valence-corrected chi connectivity index (χ4v) is 1.98. The molecule has 1 aromatic carbocycles. The highest BCUT2D eigenvalue weighted by atomic mass is 16.6. The van der Waals surface area contributed by atoms with Gasteiger partial charge in [0.15, 0.2) is 5.92 Å². The average molecular weight is 331 g/mol. The number of benzene rings is 1. The summed E-state index contributed by atoms with van der Waals surface area (Å²) in [7, 11) is 0. The first kappa shape index (κ1) is 17.4. The Kier molecular flexibility index (Phi) is 5.83. The maximum absolute atomic E-state index is 11.9. The molecule has 0 amide bonds. The lowest BCUT2D eigenvalue weighted by Crippen LogP contribution is -2.29. The normalized spacial score (nSPS) is 11.1. The van der Waals surface area contributed by atoms with Crippen molar-refractivity contribution in [1.29, 1.82) is 0 Å². The van der Waals surface area contributed by atoms with Gasteiger partial charge in [-0.25, -0.2) is 4.79 Å². The lowest BCUT2D eigenvalue weighted by Gasteiger charge is -2.09. The summed E-state index contributed by atoms with van der Waals surface area (Å²) in [5.74, 6) is -2.91. The number of fused-ring (bicyclic) bond motifs is 1. The molecule has 0 unspecified atom stereocenters. The van der Waals surface area contributed by atoms with Gasteiger partial charge >= 0.3 is 17.6 Å². The SMILES string of the molecule is CCOC(=O)C(C=Nc1cc2ccccc2oc1=O)C(=O)OCC. The van der Waals surface area contributed by atoms with Gasteiger partial charge in [0.1, 0.15) is 11.3 Å². The number of aliphatic imine (C=N–C) groups is 1. The summed E-state index contributed by atoms with van der Waals surface area (Å²) in [6.07, 6.45) is 1.04. The van der Waals surface area contributed by atoms with Crippen molar-refractivity contribution in [3.8, 4) is 0 Å². The Bertz CT molecular complexity index is 805. The predicted octanol–water partition coefficient (Wildman–Crippen LogP) is 2.24. The average Bonchev–Trinajstić information content (AvgIpc) is 2.56. The zero-order chi connectivity index (χ0) is 17.5. The second-order valence-corrected chi connectivity index (χ2v) is 4.72. The Labute approximate surface area is 137 Å². The Morgan fingerprint density at radius 3 is 2.42 bits per heavy atom. The van der Waals surface area contributed by atoms with Crippen LogP contribution in [0.4, 0.5) is 5.69 Å². The first-order valence-electron chi connectivity index (χ1n) is 7.47. The molecular weight excluding hydrogens is 314 g/mol. The molecule has 7 nitrogen and oxygen atoms in total. The molecular formula is C17H17NO6. The first-order chi connectivity index (χ1) is 11.6. The molecule has 0 aliphatic heterocycles. The molecule has 126 valence electrons. The van der Waals surface area contributed by atoms with Gasteiger partial charge in [0, 0.05) is 11.6 Å². The zero-order valence-corrected chi connectivity index (χ0v) is 13.4. The third-order valence-electron chi connectivity index (χ3n) is 3.07. The minimum atomic E-state index is -1.34. The van der Waals surface area contributed by atoms with Crippen LogP contribution in [0.5, 0.6) is 0 Å². The molecule has 0 saturated heterocycles. The number of hydrogen-bond donors (Lipinski definition) is 0. The number of rotatable bonds is 6. The third kappa shape index (κ3) is 4.07. The van der Waals surface area contributed by atoms with E-state index in [1.165, 1.54) is 6.07 Å². The van der Waals surface area contributed by atoms with Crippen molar-refractivity contribution in [2.75, 3.05) is 13.2 Å². The van der Waals surface area contributed by atoms with Crippen molar-refractivity contribution in [2.45, 2.75) is 13.8 Å². The van der Waals surface area contributed by atoms with E-state index in [-0.39, 0.29) is 18.9 Å². The summed E-state index contributed by atoms with van der Waals surface area (Å²) in [5, 5.41) is 0.674. The predicted molar refractivity (Wildman–Crippen MR) is 87.4 cm³/mol. The van der Waals surface area contributed by atoms with Crippen LogP contribution in [0.15, 0.2) is 44.5 Å². The van der Waals surface area contributed by atoms with Gasteiger partial charge in [-0.15, -0.1) is 0 Å². The standard InChI is InChI=1S/C17H17NO6/c1-3-22-15(19)12(16(20)23-4-2)10-18-13-9-11-7-5-6-8-14(11)24-17(13)21/h5-10,12H,3-4H2,1-2H3. The molecule has 0 saturated carbocycles. The van der Waals surface area contributed by atoms with Gasteiger partial charge in [-0.1, -0.05) is 18.2 Å². The van der Waals surface area contributed by atoms with Crippen LogP contribution in [0, 0.1) is 5.92 Å². The molecule has 0 aliphatic carbocycles. The van der Waals surface area contributed by atoms with Gasteiger partial charge in [-0.05, 0) is 26.0 Å². The van der Waals surface area contributed by atoms with E-state index in [9.17, 15) is 14.4 Å². The Balaban J connectivity index is 2.34. The van der Waals surface area contributed by atoms with Gasteiger partial charge in [0.05, 0.1) is 13.2 Å². The van der Waals surface area contributed by atoms with E-state index in [0.29, 0.717) is 11.0 Å². The van der Waals surface area contributed by atoms with Gasteiger partial charge in [0.25, 0.3) is 0 Å². The minimum Gasteiger partial charge on any atom is -0.465 e. The summed E-state index contributed by atoms with van der Waals surface area (Å²) in [4.78, 5) is 39.6. The van der Waals surface area contributed by atoms with Crippen molar-refractivity contribution in [3.63, 3.8) is 0 Å². The highest BCUT2D eigenvalue weighted by molar-refractivity contribution is 6.09. The summed E-state index contributed by atoms with van der Waals surface area (Å²) < 4.78 is 14.8. The number of ether oxygens (including phenoxy) is 2. The number of para-hydroxylation sites is 1. The van der Waals surface area contributed by atoms with Crippen molar-refractivity contribution in [2.24, 2.45) is 10.9 Å². The minimum absolute atomic E-state index is 0.0210. The number of hydrogen-bond acceptors (Lipinski definition) is 7. The van der Waals surface area contributed by atoms with Crippen LogP contribution < -0.4 is 5.63 Å². The highest BCUT2D eigenvalue weighted by Crippen LogP contribution is 2.17. The maximum Gasteiger partial charge on any atom is 0.362 e. The molecule has 0 fully saturated rings. The number of carbonyl (C=O) groups is 2. The molecule has 0 bridgehead atoms. The molecule has 2 aromatic rings. The third-order valence-corrected chi connectivity index (χ3v) is 3.07. The smallest absolute Gasteiger partial charge is 0.362 e. The molecule has 2 rings (SSSR count). The highest BCUT2D eigenvalue weighted by Gasteiger charge is 2.27. The molecule has 7 heteroatoms. The first-order valence-corrected chi connectivity index (χ1v) is 7.47. The van der Waals surface area contributed by atoms with Crippen molar-refractivity contribution in [3.05, 3.63) is 40.8 Å². The number of nitrogens with zero attached hydrogens (tertiary/aromatic N) is 1. The van der Waals surface area contributed by atoms with Crippen molar-refractivity contribution < 1.29 is 23.5 Å². The molecule has 24 heavy (non-hydrogen) atoms. The van der Waals surface area contributed by atoms with E-state index in [0.717, 1.165) is 6.21 Å². The second-order valence-electron chi connectivity index (χ2n) is 4.72. The lowest BCUT2D eigenvalue weighted by atomic mass is 10.1. The Hall–Kier alpha value is -2.96. The van der Waals surface area contributed by atoms with Crippen LogP contribution in [0.3, 0.4) is 0 Å². The topological polar surface area (TPSA) is 95.2 Å². The van der Waals surface area contributed by atoms with Gasteiger partial charge in [-0.2, -0.15) is 0 Å². The fraction of sp³-hybridized carbons (Fsp3) is 0.294. The summed E-state index contributed by atoms with van der Waals surface area (Å²) in [5.41, 5.74) is -0.266. The number of carbonyl (C=O) groups excluding carboxylic acids is 2. The largest absolute Gasteiger partial charge is 0.465 e. The van der Waals surface area contributed by atoms with Crippen LogP contribution in [-0.4, -0.2) is 31.4 Å². The molecule has 0 atom stereocenters. The van der Waals surface area contributed by atoms with Crippen LogP contribution in [0.1, 0.15) is 13.8 Å². The van der Waals surface area contributed by atoms with E-state index < -0.39 is 23.5 Å². The van der Waals surface area contributed by atoms with Crippen LogP contribution >= 0.6 is 0 Å².